The minimum Gasteiger partial charge on any atom is -0.395 e. The van der Waals surface area contributed by atoms with Gasteiger partial charge in [0.25, 0.3) is 5.91 Å². The van der Waals surface area contributed by atoms with Crippen LogP contribution in [0.1, 0.15) is 15.9 Å². The summed E-state index contributed by atoms with van der Waals surface area (Å²) < 4.78 is 34.9. The van der Waals surface area contributed by atoms with Crippen molar-refractivity contribution >= 4 is 5.91 Å². The summed E-state index contributed by atoms with van der Waals surface area (Å²) in [6.45, 7) is 0.546. The second-order valence-corrected chi connectivity index (χ2v) is 5.36. The van der Waals surface area contributed by atoms with Gasteiger partial charge in [-0.2, -0.15) is 0 Å². The fraction of sp³-hybridized carbons (Fsp3) is 0.188. The average molecular weight is 303 g/mol. The molecule has 4 rings (SSSR count). The van der Waals surface area contributed by atoms with E-state index in [0.717, 1.165) is 16.7 Å². The van der Waals surface area contributed by atoms with Gasteiger partial charge in [-0.1, -0.05) is 12.1 Å². The van der Waals surface area contributed by atoms with E-state index >= 15 is 0 Å². The molecule has 6 heteroatoms. The first-order chi connectivity index (χ1) is 10.4. The van der Waals surface area contributed by atoms with Gasteiger partial charge in [-0.05, 0) is 41.0 Å². The number of hydrogen-bond acceptors (Lipinski definition) is 3. The first kappa shape index (κ1) is 13.1. The lowest BCUT2D eigenvalue weighted by molar-refractivity contribution is -0.286. The number of carbonyl (C=O) groups is 1. The normalized spacial score (nSPS) is 17.8. The Bertz CT molecular complexity index is 804. The van der Waals surface area contributed by atoms with Crippen LogP contribution in [0.25, 0.3) is 11.1 Å². The minimum atomic E-state index is -3.62. The SMILES string of the molecule is CN1Cc2cc(-c3ccc4c(c3)OC(F)(F)O4)ccc2C1=O. The third-order valence-corrected chi connectivity index (χ3v) is 3.82. The van der Waals surface area contributed by atoms with Crippen LogP contribution in [0.15, 0.2) is 36.4 Å². The Morgan fingerprint density at radius 2 is 1.73 bits per heavy atom. The molecule has 0 radical (unpaired) electrons. The quantitative estimate of drug-likeness (QED) is 0.811. The van der Waals surface area contributed by atoms with Gasteiger partial charge in [-0.15, -0.1) is 8.78 Å². The lowest BCUT2D eigenvalue weighted by atomic mass is 10.00. The molecule has 112 valence electrons. The van der Waals surface area contributed by atoms with Crippen LogP contribution in [0.4, 0.5) is 8.78 Å². The van der Waals surface area contributed by atoms with E-state index in [9.17, 15) is 13.6 Å². The molecule has 2 aromatic carbocycles. The van der Waals surface area contributed by atoms with Gasteiger partial charge in [0.15, 0.2) is 11.5 Å². The van der Waals surface area contributed by atoms with Crippen molar-refractivity contribution in [2.24, 2.45) is 0 Å². The van der Waals surface area contributed by atoms with Crippen LogP contribution in [0.5, 0.6) is 11.5 Å². The molecule has 0 N–H and O–H groups in total. The number of benzene rings is 2. The standard InChI is InChI=1S/C16H11F2NO3/c1-19-8-11-6-9(2-4-12(11)15(19)20)10-3-5-13-14(7-10)22-16(17,18)21-13/h2-7H,8H2,1H3. The number of fused-ring (bicyclic) bond motifs is 2. The maximum Gasteiger partial charge on any atom is 0.586 e. The highest BCUT2D eigenvalue weighted by Crippen LogP contribution is 2.43. The Morgan fingerprint density at radius 1 is 1.05 bits per heavy atom. The summed E-state index contributed by atoms with van der Waals surface area (Å²) in [5, 5.41) is 0. The highest BCUT2D eigenvalue weighted by atomic mass is 19.3. The highest BCUT2D eigenvalue weighted by molar-refractivity contribution is 5.98. The van der Waals surface area contributed by atoms with Gasteiger partial charge in [0, 0.05) is 19.2 Å². The second-order valence-electron chi connectivity index (χ2n) is 5.36. The average Bonchev–Trinajstić information content (AvgIpc) is 2.93. The van der Waals surface area contributed by atoms with E-state index in [1.165, 1.54) is 12.1 Å². The van der Waals surface area contributed by atoms with Gasteiger partial charge in [0.1, 0.15) is 0 Å². The van der Waals surface area contributed by atoms with Crippen molar-refractivity contribution in [2.45, 2.75) is 12.8 Å². The van der Waals surface area contributed by atoms with Crippen molar-refractivity contribution in [3.05, 3.63) is 47.5 Å². The fourth-order valence-corrected chi connectivity index (χ4v) is 2.77. The first-order valence-electron chi connectivity index (χ1n) is 6.72. The zero-order chi connectivity index (χ0) is 15.5. The molecular weight excluding hydrogens is 292 g/mol. The minimum absolute atomic E-state index is 0.00752. The van der Waals surface area contributed by atoms with Crippen molar-refractivity contribution < 1.29 is 23.0 Å². The van der Waals surface area contributed by atoms with Gasteiger partial charge in [-0.25, -0.2) is 0 Å². The van der Waals surface area contributed by atoms with Crippen LogP contribution >= 0.6 is 0 Å². The lowest BCUT2D eigenvalue weighted by Crippen LogP contribution is -2.25. The number of rotatable bonds is 1. The largest absolute Gasteiger partial charge is 0.586 e. The monoisotopic (exact) mass is 303 g/mol. The van der Waals surface area contributed by atoms with E-state index < -0.39 is 6.29 Å². The fourth-order valence-electron chi connectivity index (χ4n) is 2.77. The van der Waals surface area contributed by atoms with Crippen molar-refractivity contribution in [3.63, 3.8) is 0 Å². The molecule has 0 saturated carbocycles. The van der Waals surface area contributed by atoms with E-state index in [1.54, 1.807) is 30.1 Å². The maximum atomic E-state index is 13.0. The smallest absolute Gasteiger partial charge is 0.395 e. The lowest BCUT2D eigenvalue weighted by Gasteiger charge is -2.05. The molecule has 4 nitrogen and oxygen atoms in total. The van der Waals surface area contributed by atoms with E-state index in [0.29, 0.717) is 12.1 Å². The predicted octanol–water partition coefficient (Wildman–Crippen LogP) is 3.26. The Morgan fingerprint density at radius 3 is 2.55 bits per heavy atom. The zero-order valence-electron chi connectivity index (χ0n) is 11.6. The molecule has 1 amide bonds. The second kappa shape index (κ2) is 4.19. The number of hydrogen-bond donors (Lipinski definition) is 0. The van der Waals surface area contributed by atoms with Crippen LogP contribution in [0, 0.1) is 0 Å². The summed E-state index contributed by atoms with van der Waals surface area (Å²) >= 11 is 0. The molecule has 0 unspecified atom stereocenters. The molecule has 0 spiro atoms. The third kappa shape index (κ3) is 1.91. The molecule has 0 saturated heterocycles. The zero-order valence-corrected chi connectivity index (χ0v) is 11.6. The van der Waals surface area contributed by atoms with Crippen molar-refractivity contribution in [1.82, 2.24) is 4.90 Å². The molecule has 0 bridgehead atoms. The highest BCUT2D eigenvalue weighted by Gasteiger charge is 2.43. The third-order valence-electron chi connectivity index (χ3n) is 3.82. The van der Waals surface area contributed by atoms with Crippen LogP contribution in [0.2, 0.25) is 0 Å². The summed E-state index contributed by atoms with van der Waals surface area (Å²) in [6.07, 6.45) is -3.62. The van der Waals surface area contributed by atoms with Gasteiger partial charge in [0.05, 0.1) is 0 Å². The number of nitrogens with zero attached hydrogens (tertiary/aromatic N) is 1. The molecule has 0 fully saturated rings. The molecule has 2 aliphatic rings. The summed E-state index contributed by atoms with van der Waals surface area (Å²) in [5.41, 5.74) is 3.17. The summed E-state index contributed by atoms with van der Waals surface area (Å²) in [5.74, 6) is 0.0212. The first-order valence-corrected chi connectivity index (χ1v) is 6.72. The van der Waals surface area contributed by atoms with Crippen LogP contribution in [-0.4, -0.2) is 24.1 Å². The topological polar surface area (TPSA) is 38.8 Å². The Balaban J connectivity index is 1.73. The number of halogens is 2. The molecule has 0 aromatic heterocycles. The van der Waals surface area contributed by atoms with Gasteiger partial charge in [-0.3, -0.25) is 4.79 Å². The molecule has 2 aliphatic heterocycles. The Kier molecular flexibility index (Phi) is 2.49. The summed E-state index contributed by atoms with van der Waals surface area (Å²) in [6, 6.07) is 10.1. The van der Waals surface area contributed by atoms with Crippen molar-refractivity contribution in [2.75, 3.05) is 7.05 Å². The summed E-state index contributed by atoms with van der Waals surface area (Å²) in [4.78, 5) is 13.5. The molecule has 0 aliphatic carbocycles. The molecule has 0 atom stereocenters. The molecule has 2 aromatic rings. The van der Waals surface area contributed by atoms with Crippen LogP contribution < -0.4 is 9.47 Å². The molecule has 2 heterocycles. The number of alkyl halides is 2. The predicted molar refractivity (Wildman–Crippen MR) is 73.9 cm³/mol. The van der Waals surface area contributed by atoms with Gasteiger partial charge < -0.3 is 14.4 Å². The van der Waals surface area contributed by atoms with Crippen molar-refractivity contribution in [3.8, 4) is 22.6 Å². The molecule has 22 heavy (non-hydrogen) atoms. The van der Waals surface area contributed by atoms with Gasteiger partial charge >= 0.3 is 6.29 Å². The Hall–Kier alpha value is -2.63. The van der Waals surface area contributed by atoms with Gasteiger partial charge in [0.2, 0.25) is 0 Å². The van der Waals surface area contributed by atoms with Crippen LogP contribution in [-0.2, 0) is 6.54 Å². The number of ether oxygens (including phenoxy) is 2. The Labute approximate surface area is 124 Å². The maximum absolute atomic E-state index is 13.0. The number of carbonyl (C=O) groups excluding carboxylic acids is 1. The van der Waals surface area contributed by atoms with E-state index in [4.69, 9.17) is 0 Å². The van der Waals surface area contributed by atoms with E-state index in [1.807, 2.05) is 6.07 Å². The van der Waals surface area contributed by atoms with Crippen molar-refractivity contribution in [1.29, 1.82) is 0 Å². The van der Waals surface area contributed by atoms with E-state index in [-0.39, 0.29) is 17.4 Å². The summed E-state index contributed by atoms with van der Waals surface area (Å²) in [7, 11) is 1.74. The van der Waals surface area contributed by atoms with Crippen LogP contribution in [0.3, 0.4) is 0 Å². The van der Waals surface area contributed by atoms with E-state index in [2.05, 4.69) is 9.47 Å². The number of amides is 1. The molecular formula is C16H11F2NO3.